The van der Waals surface area contributed by atoms with Gasteiger partial charge in [0.05, 0.1) is 5.69 Å². The lowest BCUT2D eigenvalue weighted by atomic mass is 10.1. The van der Waals surface area contributed by atoms with E-state index < -0.39 is 0 Å². The highest BCUT2D eigenvalue weighted by molar-refractivity contribution is 5.94. The molecule has 0 fully saturated rings. The first kappa shape index (κ1) is 13.6. The summed E-state index contributed by atoms with van der Waals surface area (Å²) in [4.78, 5) is 12.0. The van der Waals surface area contributed by atoms with Crippen LogP contribution < -0.4 is 11.1 Å². The van der Waals surface area contributed by atoms with E-state index in [0.717, 1.165) is 0 Å². The van der Waals surface area contributed by atoms with Gasteiger partial charge >= 0.3 is 0 Å². The molecule has 5 nitrogen and oxygen atoms in total. The SMILES string of the molecule is CCn1cc(N)cc1C(=O)NC(C)C(C)CO. The minimum atomic E-state index is -0.156. The van der Waals surface area contributed by atoms with Crippen molar-refractivity contribution in [2.24, 2.45) is 5.92 Å². The van der Waals surface area contributed by atoms with E-state index in [1.165, 1.54) is 0 Å². The summed E-state index contributed by atoms with van der Waals surface area (Å²) in [6.45, 7) is 6.47. The van der Waals surface area contributed by atoms with Gasteiger partial charge < -0.3 is 20.7 Å². The predicted octanol–water partition coefficient (Wildman–Crippen LogP) is 0.837. The predicted molar refractivity (Wildman–Crippen MR) is 67.7 cm³/mol. The maximum atomic E-state index is 12.0. The molecule has 0 saturated carbocycles. The van der Waals surface area contributed by atoms with Crippen LogP contribution in [0.15, 0.2) is 12.3 Å². The van der Waals surface area contributed by atoms with Crippen LogP contribution in [0.3, 0.4) is 0 Å². The van der Waals surface area contributed by atoms with Crippen molar-refractivity contribution >= 4 is 11.6 Å². The summed E-state index contributed by atoms with van der Waals surface area (Å²) in [5, 5.41) is 11.9. The normalized spacial score (nSPS) is 14.4. The fourth-order valence-corrected chi connectivity index (χ4v) is 1.57. The van der Waals surface area contributed by atoms with Gasteiger partial charge in [0.2, 0.25) is 0 Å². The molecule has 0 aliphatic carbocycles. The number of nitrogens with two attached hydrogens (primary N) is 1. The van der Waals surface area contributed by atoms with Crippen molar-refractivity contribution in [1.29, 1.82) is 0 Å². The topological polar surface area (TPSA) is 80.3 Å². The van der Waals surface area contributed by atoms with Crippen LogP contribution in [0.1, 0.15) is 31.3 Å². The fourth-order valence-electron chi connectivity index (χ4n) is 1.57. The molecular formula is C12H21N3O2. The maximum absolute atomic E-state index is 12.0. The maximum Gasteiger partial charge on any atom is 0.268 e. The molecule has 1 rings (SSSR count). The van der Waals surface area contributed by atoms with E-state index in [0.29, 0.717) is 17.9 Å². The minimum absolute atomic E-state index is 0.0290. The number of carbonyl (C=O) groups excluding carboxylic acids is 1. The number of aromatic nitrogens is 1. The van der Waals surface area contributed by atoms with Crippen molar-refractivity contribution in [3.05, 3.63) is 18.0 Å². The molecule has 0 aliphatic heterocycles. The Bertz CT molecular complexity index is 387. The van der Waals surface area contributed by atoms with Crippen LogP contribution in [0.4, 0.5) is 5.69 Å². The van der Waals surface area contributed by atoms with Gasteiger partial charge in [-0.3, -0.25) is 4.79 Å². The highest BCUT2D eigenvalue weighted by atomic mass is 16.3. The molecule has 5 heteroatoms. The Morgan fingerprint density at radius 3 is 2.76 bits per heavy atom. The Hall–Kier alpha value is -1.49. The van der Waals surface area contributed by atoms with Gasteiger partial charge in [0.15, 0.2) is 0 Å². The van der Waals surface area contributed by atoms with Gasteiger partial charge in [-0.05, 0) is 25.8 Å². The van der Waals surface area contributed by atoms with Gasteiger partial charge in [-0.1, -0.05) is 6.92 Å². The average Bonchev–Trinajstić information content (AvgIpc) is 2.69. The molecule has 0 aliphatic rings. The summed E-state index contributed by atoms with van der Waals surface area (Å²) >= 11 is 0. The molecule has 1 aromatic heterocycles. The first-order chi connectivity index (χ1) is 7.99. The standard InChI is InChI=1S/C12H21N3O2/c1-4-15-6-10(13)5-11(15)12(17)14-9(3)8(2)7-16/h5-6,8-9,16H,4,7,13H2,1-3H3,(H,14,17). The van der Waals surface area contributed by atoms with Gasteiger partial charge in [0.1, 0.15) is 5.69 Å². The van der Waals surface area contributed by atoms with E-state index in [2.05, 4.69) is 5.32 Å². The van der Waals surface area contributed by atoms with Crippen molar-refractivity contribution in [2.45, 2.75) is 33.4 Å². The zero-order valence-electron chi connectivity index (χ0n) is 10.6. The van der Waals surface area contributed by atoms with E-state index in [-0.39, 0.29) is 24.5 Å². The number of nitrogens with one attached hydrogen (secondary N) is 1. The van der Waals surface area contributed by atoms with Gasteiger partial charge in [0, 0.05) is 25.4 Å². The monoisotopic (exact) mass is 239 g/mol. The number of nitrogens with zero attached hydrogens (tertiary/aromatic N) is 1. The third-order valence-corrected chi connectivity index (χ3v) is 2.99. The van der Waals surface area contributed by atoms with E-state index in [9.17, 15) is 4.79 Å². The summed E-state index contributed by atoms with van der Waals surface area (Å²) in [6, 6.07) is 1.59. The van der Waals surface area contributed by atoms with Crippen LogP contribution in [-0.2, 0) is 6.54 Å². The Balaban J connectivity index is 2.75. The summed E-state index contributed by atoms with van der Waals surface area (Å²) in [7, 11) is 0. The molecule has 1 amide bonds. The smallest absolute Gasteiger partial charge is 0.268 e. The first-order valence-corrected chi connectivity index (χ1v) is 5.87. The molecule has 0 spiro atoms. The lowest BCUT2D eigenvalue weighted by Gasteiger charge is -2.19. The second kappa shape index (κ2) is 5.72. The number of anilines is 1. The average molecular weight is 239 g/mol. The molecule has 0 aromatic carbocycles. The van der Waals surface area contributed by atoms with Gasteiger partial charge in [-0.15, -0.1) is 0 Å². The summed E-state index contributed by atoms with van der Waals surface area (Å²) < 4.78 is 1.81. The number of hydrogen-bond acceptors (Lipinski definition) is 3. The second-order valence-electron chi connectivity index (χ2n) is 4.37. The second-order valence-corrected chi connectivity index (χ2v) is 4.37. The molecule has 4 N–H and O–H groups in total. The highest BCUT2D eigenvalue weighted by Crippen LogP contribution is 2.11. The highest BCUT2D eigenvalue weighted by Gasteiger charge is 2.17. The number of carbonyl (C=O) groups is 1. The summed E-state index contributed by atoms with van der Waals surface area (Å²) in [5.74, 6) is -0.127. The van der Waals surface area contributed by atoms with Crippen LogP contribution in [0.25, 0.3) is 0 Å². The number of nitrogen functional groups attached to an aromatic ring is 1. The number of aryl methyl sites for hydroxylation is 1. The Labute approximate surface area is 102 Å². The lowest BCUT2D eigenvalue weighted by molar-refractivity contribution is 0.0907. The molecule has 1 aromatic rings. The van der Waals surface area contributed by atoms with Crippen LogP contribution >= 0.6 is 0 Å². The van der Waals surface area contributed by atoms with Crippen molar-refractivity contribution < 1.29 is 9.90 Å². The van der Waals surface area contributed by atoms with Crippen molar-refractivity contribution in [3.63, 3.8) is 0 Å². The lowest BCUT2D eigenvalue weighted by Crippen LogP contribution is -2.39. The molecule has 1 heterocycles. The van der Waals surface area contributed by atoms with E-state index in [1.807, 2.05) is 20.8 Å². The molecule has 2 unspecified atom stereocenters. The van der Waals surface area contributed by atoms with Crippen LogP contribution in [-0.4, -0.2) is 28.2 Å². The van der Waals surface area contributed by atoms with E-state index >= 15 is 0 Å². The van der Waals surface area contributed by atoms with Crippen LogP contribution in [0.5, 0.6) is 0 Å². The van der Waals surface area contributed by atoms with Crippen molar-refractivity contribution in [3.8, 4) is 0 Å². The fraction of sp³-hybridized carbons (Fsp3) is 0.583. The van der Waals surface area contributed by atoms with Gasteiger partial charge in [-0.25, -0.2) is 0 Å². The number of hydrogen-bond donors (Lipinski definition) is 3. The molecule has 0 bridgehead atoms. The number of amides is 1. The largest absolute Gasteiger partial charge is 0.397 e. The Kier molecular flexibility index (Phi) is 4.57. The Morgan fingerprint density at radius 2 is 2.24 bits per heavy atom. The number of aliphatic hydroxyl groups excluding tert-OH is 1. The molecule has 2 atom stereocenters. The van der Waals surface area contributed by atoms with Crippen LogP contribution in [0, 0.1) is 5.92 Å². The first-order valence-electron chi connectivity index (χ1n) is 5.87. The van der Waals surface area contributed by atoms with Crippen LogP contribution in [0.2, 0.25) is 0 Å². The third kappa shape index (κ3) is 3.23. The van der Waals surface area contributed by atoms with Gasteiger partial charge in [-0.2, -0.15) is 0 Å². The van der Waals surface area contributed by atoms with E-state index in [1.54, 1.807) is 16.8 Å². The quantitative estimate of drug-likeness (QED) is 0.712. The van der Waals surface area contributed by atoms with Crippen molar-refractivity contribution in [2.75, 3.05) is 12.3 Å². The zero-order valence-corrected chi connectivity index (χ0v) is 10.6. The molecular weight excluding hydrogens is 218 g/mol. The van der Waals surface area contributed by atoms with Crippen molar-refractivity contribution in [1.82, 2.24) is 9.88 Å². The number of rotatable bonds is 5. The Morgan fingerprint density at radius 1 is 1.59 bits per heavy atom. The third-order valence-electron chi connectivity index (χ3n) is 2.99. The molecule has 17 heavy (non-hydrogen) atoms. The van der Waals surface area contributed by atoms with Gasteiger partial charge in [0.25, 0.3) is 5.91 Å². The zero-order chi connectivity index (χ0) is 13.0. The molecule has 0 saturated heterocycles. The summed E-state index contributed by atoms with van der Waals surface area (Å²) in [5.41, 5.74) is 6.81. The molecule has 96 valence electrons. The minimum Gasteiger partial charge on any atom is -0.397 e. The molecule has 0 radical (unpaired) electrons. The summed E-state index contributed by atoms with van der Waals surface area (Å²) in [6.07, 6.45) is 1.75. The van der Waals surface area contributed by atoms with E-state index in [4.69, 9.17) is 10.8 Å². The number of aliphatic hydroxyl groups is 1.